The third-order valence-corrected chi connectivity index (χ3v) is 5.03. The average Bonchev–Trinajstić information content (AvgIpc) is 2.64. The first-order chi connectivity index (χ1) is 12.6. The second kappa shape index (κ2) is 8.45. The number of carbonyl (C=O) groups excluding carboxylic acids is 1. The molecule has 0 spiro atoms. The number of pyridine rings is 1. The van der Waals surface area contributed by atoms with Crippen LogP contribution in [0.25, 0.3) is 11.1 Å². The third kappa shape index (κ3) is 4.50. The highest BCUT2D eigenvalue weighted by Crippen LogP contribution is 2.26. The van der Waals surface area contributed by atoms with Crippen LogP contribution in [0.3, 0.4) is 0 Å². The van der Waals surface area contributed by atoms with Crippen molar-refractivity contribution in [1.82, 2.24) is 9.88 Å². The fourth-order valence-electron chi connectivity index (χ4n) is 3.68. The summed E-state index contributed by atoms with van der Waals surface area (Å²) in [5.41, 5.74) is 6.09. The van der Waals surface area contributed by atoms with E-state index in [1.165, 1.54) is 22.3 Å². The van der Waals surface area contributed by atoms with Gasteiger partial charge in [-0.2, -0.15) is 0 Å². The van der Waals surface area contributed by atoms with Gasteiger partial charge in [-0.25, -0.2) is 0 Å². The van der Waals surface area contributed by atoms with Crippen LogP contribution in [0.4, 0.5) is 0 Å². The van der Waals surface area contributed by atoms with Crippen LogP contribution in [0.15, 0.2) is 36.7 Å². The van der Waals surface area contributed by atoms with Gasteiger partial charge in [0.2, 0.25) is 0 Å². The quantitative estimate of drug-likeness (QED) is 0.759. The maximum Gasteiger partial charge on any atom is 0.310 e. The van der Waals surface area contributed by atoms with Gasteiger partial charge in [0.1, 0.15) is 0 Å². The summed E-state index contributed by atoms with van der Waals surface area (Å²) in [6, 6.07) is 8.74. The maximum atomic E-state index is 12.0. The minimum Gasteiger partial charge on any atom is -0.466 e. The molecule has 26 heavy (non-hydrogen) atoms. The summed E-state index contributed by atoms with van der Waals surface area (Å²) in [5, 5.41) is 0. The number of esters is 1. The highest BCUT2D eigenvalue weighted by molar-refractivity contribution is 5.72. The Hall–Kier alpha value is -2.20. The highest BCUT2D eigenvalue weighted by atomic mass is 16.5. The van der Waals surface area contributed by atoms with E-state index in [-0.39, 0.29) is 11.9 Å². The molecule has 1 unspecified atom stereocenters. The van der Waals surface area contributed by atoms with Gasteiger partial charge in [-0.15, -0.1) is 0 Å². The number of hydrogen-bond donors (Lipinski definition) is 0. The summed E-state index contributed by atoms with van der Waals surface area (Å²) in [4.78, 5) is 18.8. The molecule has 1 saturated heterocycles. The lowest BCUT2D eigenvalue weighted by molar-refractivity contribution is -0.150. The van der Waals surface area contributed by atoms with Crippen molar-refractivity contribution in [3.8, 4) is 11.1 Å². The van der Waals surface area contributed by atoms with E-state index >= 15 is 0 Å². The van der Waals surface area contributed by atoms with E-state index in [9.17, 15) is 4.79 Å². The molecule has 1 aliphatic heterocycles. The molecule has 138 valence electrons. The smallest absolute Gasteiger partial charge is 0.310 e. The number of piperidine rings is 1. The molecular formula is C22H28N2O2. The van der Waals surface area contributed by atoms with Crippen LogP contribution < -0.4 is 0 Å². The zero-order valence-corrected chi connectivity index (χ0v) is 16.0. The number of ether oxygens (including phenoxy) is 1. The molecule has 0 aliphatic carbocycles. The van der Waals surface area contributed by atoms with Crippen LogP contribution in [0.5, 0.6) is 0 Å². The number of aromatic nitrogens is 1. The Bertz CT molecular complexity index is 772. The summed E-state index contributed by atoms with van der Waals surface area (Å²) >= 11 is 0. The van der Waals surface area contributed by atoms with Crippen LogP contribution in [0, 0.1) is 19.8 Å². The lowest BCUT2D eigenvalue weighted by atomic mass is 9.97. The summed E-state index contributed by atoms with van der Waals surface area (Å²) in [6.45, 7) is 9.18. The molecule has 1 aromatic heterocycles. The van der Waals surface area contributed by atoms with E-state index in [4.69, 9.17) is 4.74 Å². The monoisotopic (exact) mass is 352 g/mol. The van der Waals surface area contributed by atoms with E-state index in [0.29, 0.717) is 6.61 Å². The summed E-state index contributed by atoms with van der Waals surface area (Å²) in [6.07, 6.45) is 5.83. The van der Waals surface area contributed by atoms with Crippen LogP contribution >= 0.6 is 0 Å². The Labute approximate surface area is 156 Å². The van der Waals surface area contributed by atoms with Crippen molar-refractivity contribution in [1.29, 1.82) is 0 Å². The van der Waals surface area contributed by atoms with Crippen molar-refractivity contribution in [2.24, 2.45) is 5.92 Å². The average molecular weight is 352 g/mol. The van der Waals surface area contributed by atoms with Crippen molar-refractivity contribution < 1.29 is 9.53 Å². The summed E-state index contributed by atoms with van der Waals surface area (Å²) < 4.78 is 5.20. The lowest BCUT2D eigenvalue weighted by Gasteiger charge is -2.31. The fraction of sp³-hybridized carbons (Fsp3) is 0.455. The molecule has 2 aromatic rings. The molecule has 3 rings (SSSR count). The first-order valence-corrected chi connectivity index (χ1v) is 9.47. The van der Waals surface area contributed by atoms with E-state index in [2.05, 4.69) is 48.0 Å². The predicted octanol–water partition coefficient (Wildman–Crippen LogP) is 4.14. The molecule has 1 fully saturated rings. The Morgan fingerprint density at radius 3 is 2.92 bits per heavy atom. The van der Waals surface area contributed by atoms with Gasteiger partial charge in [-0.05, 0) is 62.9 Å². The largest absolute Gasteiger partial charge is 0.466 e. The number of carbonyl (C=O) groups is 1. The highest BCUT2D eigenvalue weighted by Gasteiger charge is 2.26. The van der Waals surface area contributed by atoms with Gasteiger partial charge in [-0.1, -0.05) is 23.8 Å². The van der Waals surface area contributed by atoms with Crippen LogP contribution in [-0.2, 0) is 16.1 Å². The topological polar surface area (TPSA) is 42.4 Å². The molecule has 1 aliphatic rings. The lowest BCUT2D eigenvalue weighted by Crippen LogP contribution is -2.38. The molecule has 0 bridgehead atoms. The summed E-state index contributed by atoms with van der Waals surface area (Å²) in [5.74, 6) is -0.0571. The molecule has 1 atom stereocenters. The minimum atomic E-state index is -0.0561. The van der Waals surface area contributed by atoms with Gasteiger partial charge in [0.15, 0.2) is 0 Å². The number of likely N-dealkylation sites (tertiary alicyclic amines) is 1. The number of aryl methyl sites for hydroxylation is 2. The van der Waals surface area contributed by atoms with Crippen LogP contribution in [0.1, 0.15) is 36.5 Å². The normalized spacial score (nSPS) is 17.9. The predicted molar refractivity (Wildman–Crippen MR) is 104 cm³/mol. The fourth-order valence-corrected chi connectivity index (χ4v) is 3.68. The Morgan fingerprint density at radius 2 is 2.12 bits per heavy atom. The third-order valence-electron chi connectivity index (χ3n) is 5.03. The van der Waals surface area contributed by atoms with Crippen molar-refractivity contribution in [3.05, 3.63) is 53.3 Å². The van der Waals surface area contributed by atoms with E-state index < -0.39 is 0 Å². The molecule has 2 heterocycles. The minimum absolute atomic E-state index is 0.00106. The molecule has 0 radical (unpaired) electrons. The number of nitrogens with zero attached hydrogens (tertiary/aromatic N) is 2. The first-order valence-electron chi connectivity index (χ1n) is 9.47. The van der Waals surface area contributed by atoms with Crippen molar-refractivity contribution in [2.75, 3.05) is 19.7 Å². The van der Waals surface area contributed by atoms with Crippen molar-refractivity contribution in [2.45, 2.75) is 40.2 Å². The zero-order chi connectivity index (χ0) is 18.5. The molecule has 4 heteroatoms. The molecule has 1 aromatic carbocycles. The molecule has 4 nitrogen and oxygen atoms in total. The standard InChI is InChI=1S/C22H28N2O2/c1-4-26-22(25)19-6-5-9-24(15-19)14-18-11-20(13-23-12-18)21-10-16(2)7-8-17(21)3/h7-8,10-13,19H,4-6,9,14-15H2,1-3H3. The van der Waals surface area contributed by atoms with Gasteiger partial charge in [0.05, 0.1) is 12.5 Å². The Kier molecular flexibility index (Phi) is 6.04. The zero-order valence-electron chi connectivity index (χ0n) is 16.0. The van der Waals surface area contributed by atoms with E-state index in [1.54, 1.807) is 0 Å². The molecule has 0 N–H and O–H groups in total. The first kappa shape index (κ1) is 18.6. The molecule has 0 amide bonds. The van der Waals surface area contributed by atoms with E-state index in [1.807, 2.05) is 19.3 Å². The van der Waals surface area contributed by atoms with Crippen molar-refractivity contribution >= 4 is 5.97 Å². The van der Waals surface area contributed by atoms with Crippen molar-refractivity contribution in [3.63, 3.8) is 0 Å². The Morgan fingerprint density at radius 1 is 1.27 bits per heavy atom. The summed E-state index contributed by atoms with van der Waals surface area (Å²) in [7, 11) is 0. The Balaban J connectivity index is 1.72. The SMILES string of the molecule is CCOC(=O)C1CCCN(Cc2cncc(-c3cc(C)ccc3C)c2)C1. The van der Waals surface area contributed by atoms with Gasteiger partial charge in [0.25, 0.3) is 0 Å². The van der Waals surface area contributed by atoms with E-state index in [0.717, 1.165) is 38.0 Å². The number of rotatable bonds is 5. The second-order valence-electron chi connectivity index (χ2n) is 7.23. The van der Waals surface area contributed by atoms with Gasteiger partial charge >= 0.3 is 5.97 Å². The molecular weight excluding hydrogens is 324 g/mol. The van der Waals surface area contributed by atoms with Crippen LogP contribution in [0.2, 0.25) is 0 Å². The number of benzene rings is 1. The van der Waals surface area contributed by atoms with Gasteiger partial charge < -0.3 is 4.74 Å². The van der Waals surface area contributed by atoms with Gasteiger partial charge in [-0.3, -0.25) is 14.7 Å². The number of hydrogen-bond acceptors (Lipinski definition) is 4. The molecule has 0 saturated carbocycles. The maximum absolute atomic E-state index is 12.0. The second-order valence-corrected chi connectivity index (χ2v) is 7.23. The van der Waals surface area contributed by atoms with Crippen LogP contribution in [-0.4, -0.2) is 35.5 Å². The van der Waals surface area contributed by atoms with Gasteiger partial charge in [0, 0.05) is 31.0 Å².